The second-order valence-corrected chi connectivity index (χ2v) is 4.89. The fraction of sp³-hybridized carbons (Fsp3) is 0.385. The van der Waals surface area contributed by atoms with Crippen LogP contribution in [0.2, 0.25) is 0 Å². The number of nitrogens with two attached hydrogens (primary N) is 1. The fourth-order valence-corrected chi connectivity index (χ4v) is 2.14. The normalized spacial score (nSPS) is 16.6. The average molecular weight is 284 g/mol. The van der Waals surface area contributed by atoms with Gasteiger partial charge in [-0.2, -0.15) is 4.98 Å². The average Bonchev–Trinajstić information content (AvgIpc) is 2.79. The lowest BCUT2D eigenvalue weighted by atomic mass is 9.77. The van der Waals surface area contributed by atoms with Gasteiger partial charge in [0.15, 0.2) is 5.82 Å². The van der Waals surface area contributed by atoms with Gasteiger partial charge in [-0.3, -0.25) is 0 Å². The topological polar surface area (TPSA) is 64.9 Å². The van der Waals surface area contributed by atoms with Gasteiger partial charge in [-0.05, 0) is 43.9 Å². The Balaban J connectivity index is 0.00000133. The quantitative estimate of drug-likeness (QED) is 0.920. The van der Waals surface area contributed by atoms with Crippen molar-refractivity contribution in [2.24, 2.45) is 5.73 Å². The molecule has 0 atom stereocenters. The van der Waals surface area contributed by atoms with E-state index >= 15 is 0 Å². The van der Waals surface area contributed by atoms with E-state index in [4.69, 9.17) is 10.3 Å². The first-order valence-electron chi connectivity index (χ1n) is 5.98. The van der Waals surface area contributed by atoms with Crippen molar-refractivity contribution in [1.29, 1.82) is 0 Å². The van der Waals surface area contributed by atoms with Gasteiger partial charge < -0.3 is 10.3 Å². The number of benzene rings is 1. The lowest BCUT2D eigenvalue weighted by Gasteiger charge is -2.34. The Labute approximate surface area is 116 Å². The SMILES string of the molecule is Cc1ccc(F)cc1-c1nc(C2(N)CCC2)no1.Cl. The fourth-order valence-electron chi connectivity index (χ4n) is 2.14. The Kier molecular flexibility index (Phi) is 3.60. The maximum absolute atomic E-state index is 13.2. The molecule has 1 saturated carbocycles. The molecule has 19 heavy (non-hydrogen) atoms. The summed E-state index contributed by atoms with van der Waals surface area (Å²) >= 11 is 0. The van der Waals surface area contributed by atoms with E-state index in [2.05, 4.69) is 10.1 Å². The van der Waals surface area contributed by atoms with Crippen molar-refractivity contribution < 1.29 is 8.91 Å². The maximum Gasteiger partial charge on any atom is 0.258 e. The van der Waals surface area contributed by atoms with Crippen LogP contribution in [0.3, 0.4) is 0 Å². The highest BCUT2D eigenvalue weighted by Crippen LogP contribution is 2.37. The zero-order valence-electron chi connectivity index (χ0n) is 10.5. The van der Waals surface area contributed by atoms with Crippen molar-refractivity contribution in [1.82, 2.24) is 10.1 Å². The first kappa shape index (κ1) is 14.0. The minimum Gasteiger partial charge on any atom is -0.334 e. The summed E-state index contributed by atoms with van der Waals surface area (Å²) in [4.78, 5) is 4.31. The molecule has 1 aliphatic carbocycles. The Bertz CT molecular complexity index is 595. The second kappa shape index (κ2) is 4.90. The molecular formula is C13H15ClFN3O. The van der Waals surface area contributed by atoms with Crippen LogP contribution in [0.15, 0.2) is 22.7 Å². The molecule has 6 heteroatoms. The molecule has 2 N–H and O–H groups in total. The van der Waals surface area contributed by atoms with Gasteiger partial charge in [0.25, 0.3) is 5.89 Å². The van der Waals surface area contributed by atoms with Crippen molar-refractivity contribution >= 4 is 12.4 Å². The smallest absolute Gasteiger partial charge is 0.258 e. The van der Waals surface area contributed by atoms with Gasteiger partial charge >= 0.3 is 0 Å². The Morgan fingerprint density at radius 2 is 2.11 bits per heavy atom. The summed E-state index contributed by atoms with van der Waals surface area (Å²) in [5, 5.41) is 3.92. The number of nitrogens with zero attached hydrogens (tertiary/aromatic N) is 2. The van der Waals surface area contributed by atoms with Crippen LogP contribution in [0.4, 0.5) is 4.39 Å². The van der Waals surface area contributed by atoms with Gasteiger partial charge in [0.2, 0.25) is 0 Å². The number of aryl methyl sites for hydroxylation is 1. The molecular weight excluding hydrogens is 269 g/mol. The molecule has 1 aromatic heterocycles. The van der Waals surface area contributed by atoms with Crippen molar-refractivity contribution in [3.63, 3.8) is 0 Å². The summed E-state index contributed by atoms with van der Waals surface area (Å²) in [6.07, 6.45) is 2.82. The summed E-state index contributed by atoms with van der Waals surface area (Å²) in [5.74, 6) is 0.535. The molecule has 4 nitrogen and oxygen atoms in total. The van der Waals surface area contributed by atoms with Crippen LogP contribution in [-0.2, 0) is 5.54 Å². The third kappa shape index (κ3) is 2.35. The van der Waals surface area contributed by atoms with Gasteiger partial charge in [0.05, 0.1) is 5.54 Å². The Morgan fingerprint density at radius 1 is 1.37 bits per heavy atom. The molecule has 2 aromatic rings. The molecule has 1 aromatic carbocycles. The third-order valence-electron chi connectivity index (χ3n) is 3.55. The Morgan fingerprint density at radius 3 is 2.74 bits per heavy atom. The van der Waals surface area contributed by atoms with E-state index in [-0.39, 0.29) is 18.2 Å². The van der Waals surface area contributed by atoms with Crippen molar-refractivity contribution in [2.45, 2.75) is 31.7 Å². The van der Waals surface area contributed by atoms with Gasteiger partial charge in [-0.15, -0.1) is 12.4 Å². The third-order valence-corrected chi connectivity index (χ3v) is 3.55. The number of hydrogen-bond donors (Lipinski definition) is 1. The van der Waals surface area contributed by atoms with Gasteiger partial charge in [0, 0.05) is 5.56 Å². The molecule has 0 amide bonds. The monoisotopic (exact) mass is 283 g/mol. The number of hydrogen-bond acceptors (Lipinski definition) is 4. The maximum atomic E-state index is 13.2. The molecule has 0 aliphatic heterocycles. The van der Waals surface area contributed by atoms with Crippen LogP contribution in [0, 0.1) is 12.7 Å². The standard InChI is InChI=1S/C13H14FN3O.ClH/c1-8-3-4-9(14)7-10(8)11-16-12(17-18-11)13(15)5-2-6-13;/h3-4,7H,2,5-6,15H2,1H3;1H. The summed E-state index contributed by atoms with van der Waals surface area (Å²) in [7, 11) is 0. The summed E-state index contributed by atoms with van der Waals surface area (Å²) in [6, 6.07) is 4.50. The molecule has 0 spiro atoms. The summed E-state index contributed by atoms with van der Waals surface area (Å²) in [6.45, 7) is 1.88. The van der Waals surface area contributed by atoms with Crippen molar-refractivity contribution in [3.05, 3.63) is 35.4 Å². The van der Waals surface area contributed by atoms with Crippen molar-refractivity contribution in [3.8, 4) is 11.5 Å². The van der Waals surface area contributed by atoms with Crippen molar-refractivity contribution in [2.75, 3.05) is 0 Å². The Hall–Kier alpha value is -1.46. The molecule has 1 fully saturated rings. The van der Waals surface area contributed by atoms with Crippen LogP contribution >= 0.6 is 12.4 Å². The number of rotatable bonds is 2. The largest absolute Gasteiger partial charge is 0.334 e. The van der Waals surface area contributed by atoms with Gasteiger partial charge in [-0.25, -0.2) is 4.39 Å². The van der Waals surface area contributed by atoms with E-state index in [0.29, 0.717) is 17.3 Å². The lowest BCUT2D eigenvalue weighted by molar-refractivity contribution is 0.229. The van der Waals surface area contributed by atoms with Gasteiger partial charge in [-0.1, -0.05) is 11.2 Å². The van der Waals surface area contributed by atoms with E-state index in [1.165, 1.54) is 12.1 Å². The molecule has 0 bridgehead atoms. The van der Waals surface area contributed by atoms with E-state index in [0.717, 1.165) is 24.8 Å². The molecule has 1 aliphatic rings. The van der Waals surface area contributed by atoms with Crippen LogP contribution in [0.1, 0.15) is 30.7 Å². The zero-order valence-corrected chi connectivity index (χ0v) is 11.3. The van der Waals surface area contributed by atoms with Crippen LogP contribution in [0.25, 0.3) is 11.5 Å². The minimum atomic E-state index is -0.455. The van der Waals surface area contributed by atoms with Crippen LogP contribution < -0.4 is 5.73 Å². The van der Waals surface area contributed by atoms with Crippen LogP contribution in [0.5, 0.6) is 0 Å². The predicted octanol–water partition coefficient (Wildman–Crippen LogP) is 2.94. The minimum absolute atomic E-state index is 0. The van der Waals surface area contributed by atoms with Crippen LogP contribution in [-0.4, -0.2) is 10.1 Å². The summed E-state index contributed by atoms with van der Waals surface area (Å²) < 4.78 is 18.4. The molecule has 0 saturated heterocycles. The molecule has 3 rings (SSSR count). The number of aromatic nitrogens is 2. The highest BCUT2D eigenvalue weighted by Gasteiger charge is 2.39. The molecule has 0 radical (unpaired) electrons. The summed E-state index contributed by atoms with van der Waals surface area (Å²) in [5.41, 5.74) is 7.19. The first-order valence-corrected chi connectivity index (χ1v) is 5.98. The number of halogens is 2. The predicted molar refractivity (Wildman–Crippen MR) is 71.4 cm³/mol. The molecule has 1 heterocycles. The zero-order chi connectivity index (χ0) is 12.8. The van der Waals surface area contributed by atoms with E-state index in [1.807, 2.05) is 6.92 Å². The van der Waals surface area contributed by atoms with Gasteiger partial charge in [0.1, 0.15) is 5.82 Å². The highest BCUT2D eigenvalue weighted by molar-refractivity contribution is 5.85. The first-order chi connectivity index (χ1) is 8.58. The van der Waals surface area contributed by atoms with E-state index < -0.39 is 5.54 Å². The molecule has 0 unspecified atom stereocenters. The lowest BCUT2D eigenvalue weighted by Crippen LogP contribution is -2.44. The van der Waals surface area contributed by atoms with E-state index in [1.54, 1.807) is 6.07 Å². The highest BCUT2D eigenvalue weighted by atomic mass is 35.5. The molecule has 102 valence electrons. The van der Waals surface area contributed by atoms with E-state index in [9.17, 15) is 4.39 Å². The second-order valence-electron chi connectivity index (χ2n) is 4.89.